The summed E-state index contributed by atoms with van der Waals surface area (Å²) in [6.07, 6.45) is 4.53. The average Bonchev–Trinajstić information content (AvgIpc) is 3.41. The summed E-state index contributed by atoms with van der Waals surface area (Å²) in [6.45, 7) is 3.92. The van der Waals surface area contributed by atoms with E-state index in [1.807, 2.05) is 106 Å². The Labute approximate surface area is 257 Å². The topological polar surface area (TPSA) is 116 Å². The Morgan fingerprint density at radius 1 is 0.932 bits per heavy atom. The van der Waals surface area contributed by atoms with Crippen LogP contribution in [0.25, 0.3) is 17.0 Å². The molecule has 4 aromatic rings. The number of nitrogens with zero attached hydrogens (tertiary/aromatic N) is 1. The molecule has 3 aromatic carbocycles. The van der Waals surface area contributed by atoms with Crippen LogP contribution in [0.2, 0.25) is 0 Å². The Hall–Kier alpha value is -4.89. The standard InChI is InChI=1S/C35H39N5O4/c1-22(2)31(40(3)4)35(43)39-30-32(24-10-6-5-7-11-24)44-26-16-14-23(15-17-26)18-19-36-33(41)29(38-34(30)42)20-25-21-37-28-13-9-8-12-27(25)28/h5-19,21-22,29-32,37H,20H2,1-4H3,(H,36,41)(H,38,42)(H,39,43)/b19-18+. The molecular weight excluding hydrogens is 554 g/mol. The van der Waals surface area contributed by atoms with Crippen LogP contribution < -0.4 is 20.7 Å². The van der Waals surface area contributed by atoms with Gasteiger partial charge in [0.05, 0.1) is 6.04 Å². The van der Waals surface area contributed by atoms with Crippen LogP contribution in [0.1, 0.15) is 36.6 Å². The molecule has 4 N–H and O–H groups in total. The third-order valence-corrected chi connectivity index (χ3v) is 7.84. The molecule has 3 amide bonds. The minimum Gasteiger partial charge on any atom is -0.483 e. The summed E-state index contributed by atoms with van der Waals surface area (Å²) in [5, 5.41) is 9.76. The number of aromatic nitrogens is 1. The number of hydrogen-bond acceptors (Lipinski definition) is 5. The van der Waals surface area contributed by atoms with Gasteiger partial charge in [-0.25, -0.2) is 0 Å². The lowest BCUT2D eigenvalue weighted by Crippen LogP contribution is -2.59. The van der Waals surface area contributed by atoms with Crippen LogP contribution in [-0.4, -0.2) is 59.8 Å². The van der Waals surface area contributed by atoms with E-state index in [1.165, 1.54) is 0 Å². The highest BCUT2D eigenvalue weighted by Gasteiger charge is 2.38. The zero-order valence-electron chi connectivity index (χ0n) is 25.4. The summed E-state index contributed by atoms with van der Waals surface area (Å²) in [6, 6.07) is 21.9. The van der Waals surface area contributed by atoms with Gasteiger partial charge in [0.25, 0.3) is 0 Å². The van der Waals surface area contributed by atoms with Crippen molar-refractivity contribution >= 4 is 34.7 Å². The van der Waals surface area contributed by atoms with E-state index >= 15 is 0 Å². The first kappa shape index (κ1) is 30.6. The largest absolute Gasteiger partial charge is 0.483 e. The Morgan fingerprint density at radius 2 is 1.64 bits per heavy atom. The van der Waals surface area contributed by atoms with Crippen molar-refractivity contribution < 1.29 is 19.1 Å². The van der Waals surface area contributed by atoms with Gasteiger partial charge in [-0.3, -0.25) is 19.3 Å². The minimum atomic E-state index is -1.16. The fraction of sp³-hybridized carbons (Fsp3) is 0.286. The lowest BCUT2D eigenvalue weighted by Gasteiger charge is -2.33. The van der Waals surface area contributed by atoms with Crippen LogP contribution in [0, 0.1) is 5.92 Å². The Kier molecular flexibility index (Phi) is 9.45. The maximum Gasteiger partial charge on any atom is 0.247 e. The van der Waals surface area contributed by atoms with E-state index in [9.17, 15) is 14.4 Å². The fourth-order valence-corrected chi connectivity index (χ4v) is 5.74. The van der Waals surface area contributed by atoms with E-state index < -0.39 is 30.1 Å². The Balaban J connectivity index is 1.58. The second-order valence-corrected chi connectivity index (χ2v) is 11.6. The van der Waals surface area contributed by atoms with Gasteiger partial charge in [-0.05, 0) is 61.0 Å². The van der Waals surface area contributed by atoms with Gasteiger partial charge in [0, 0.05) is 29.7 Å². The first-order valence-corrected chi connectivity index (χ1v) is 14.8. The first-order chi connectivity index (χ1) is 21.2. The summed E-state index contributed by atoms with van der Waals surface area (Å²) in [7, 11) is 3.67. The molecule has 44 heavy (non-hydrogen) atoms. The molecule has 0 fully saturated rings. The highest BCUT2D eigenvalue weighted by Crippen LogP contribution is 2.27. The third kappa shape index (κ3) is 7.01. The minimum absolute atomic E-state index is 0.0256. The number of fused-ring (bicyclic) bond motifs is 11. The molecule has 4 unspecified atom stereocenters. The van der Waals surface area contributed by atoms with Gasteiger partial charge >= 0.3 is 0 Å². The number of amides is 3. The highest BCUT2D eigenvalue weighted by molar-refractivity contribution is 5.94. The molecule has 2 bridgehead atoms. The normalized spacial score (nSPS) is 20.5. The molecule has 4 atom stereocenters. The van der Waals surface area contributed by atoms with Gasteiger partial charge in [0.15, 0.2) is 6.10 Å². The fourth-order valence-electron chi connectivity index (χ4n) is 5.74. The van der Waals surface area contributed by atoms with Gasteiger partial charge in [-0.2, -0.15) is 0 Å². The van der Waals surface area contributed by atoms with E-state index in [-0.39, 0.29) is 24.2 Å². The van der Waals surface area contributed by atoms with Crippen LogP contribution in [-0.2, 0) is 20.8 Å². The van der Waals surface area contributed by atoms with E-state index in [1.54, 1.807) is 24.4 Å². The van der Waals surface area contributed by atoms with E-state index in [0.29, 0.717) is 11.3 Å². The number of ether oxygens (including phenoxy) is 1. The summed E-state index contributed by atoms with van der Waals surface area (Å²) in [5.41, 5.74) is 3.38. The summed E-state index contributed by atoms with van der Waals surface area (Å²) >= 11 is 0. The SMILES string of the molecule is CC(C)C(C(=O)NC1C(=O)NC(Cc2c[nH]c3ccccc23)C(=O)N/C=C/c2ccc(cc2)OC1c1ccccc1)N(C)C. The predicted octanol–water partition coefficient (Wildman–Crippen LogP) is 4.19. The van der Waals surface area contributed by atoms with Crippen molar-refractivity contribution in [2.24, 2.45) is 5.92 Å². The zero-order chi connectivity index (χ0) is 31.2. The molecule has 0 radical (unpaired) electrons. The lowest BCUT2D eigenvalue weighted by atomic mass is 9.97. The van der Waals surface area contributed by atoms with Gasteiger partial charge in [0.2, 0.25) is 17.7 Å². The van der Waals surface area contributed by atoms with Crippen molar-refractivity contribution in [2.75, 3.05) is 14.1 Å². The van der Waals surface area contributed by atoms with Gasteiger partial charge in [-0.15, -0.1) is 0 Å². The number of rotatable bonds is 7. The molecule has 2 aliphatic heterocycles. The van der Waals surface area contributed by atoms with Crippen molar-refractivity contribution in [1.82, 2.24) is 25.8 Å². The summed E-state index contributed by atoms with van der Waals surface area (Å²) in [4.78, 5) is 46.8. The summed E-state index contributed by atoms with van der Waals surface area (Å²) in [5.74, 6) is -0.725. The number of H-pyrrole nitrogens is 1. The number of carbonyl (C=O) groups excluding carboxylic acids is 3. The zero-order valence-corrected chi connectivity index (χ0v) is 25.4. The van der Waals surface area contributed by atoms with Crippen LogP contribution >= 0.6 is 0 Å². The van der Waals surface area contributed by atoms with Crippen LogP contribution in [0.15, 0.2) is 91.3 Å². The predicted molar refractivity (Wildman–Crippen MR) is 172 cm³/mol. The van der Waals surface area contributed by atoms with Crippen LogP contribution in [0.3, 0.4) is 0 Å². The Morgan fingerprint density at radius 3 is 2.34 bits per heavy atom. The molecule has 9 heteroatoms. The van der Waals surface area contributed by atoms with E-state index in [4.69, 9.17) is 4.74 Å². The van der Waals surface area contributed by atoms with Gasteiger partial charge < -0.3 is 25.7 Å². The highest BCUT2D eigenvalue weighted by atomic mass is 16.5. The number of benzene rings is 3. The maximum atomic E-state index is 14.3. The number of likely N-dealkylation sites (N-methyl/N-ethyl adjacent to an activating group) is 1. The van der Waals surface area contributed by atoms with Crippen molar-refractivity contribution in [3.8, 4) is 5.75 Å². The summed E-state index contributed by atoms with van der Waals surface area (Å²) < 4.78 is 6.49. The first-order valence-electron chi connectivity index (χ1n) is 14.8. The van der Waals surface area contributed by atoms with Gasteiger partial charge in [-0.1, -0.05) is 74.5 Å². The van der Waals surface area contributed by atoms with Crippen LogP contribution in [0.4, 0.5) is 0 Å². The molecular formula is C35H39N5O4. The van der Waals surface area contributed by atoms with Crippen molar-refractivity contribution in [1.29, 1.82) is 0 Å². The Bertz CT molecular complexity index is 1620. The second kappa shape index (κ2) is 13.6. The van der Waals surface area contributed by atoms with E-state index in [2.05, 4.69) is 20.9 Å². The molecule has 0 spiro atoms. The number of nitrogens with one attached hydrogen (secondary N) is 4. The maximum absolute atomic E-state index is 14.3. The second-order valence-electron chi connectivity index (χ2n) is 11.6. The van der Waals surface area contributed by atoms with Gasteiger partial charge in [0.1, 0.15) is 17.8 Å². The van der Waals surface area contributed by atoms with Crippen molar-refractivity contribution in [2.45, 2.75) is 44.5 Å². The average molecular weight is 594 g/mol. The van der Waals surface area contributed by atoms with Crippen LogP contribution in [0.5, 0.6) is 5.75 Å². The number of aromatic amines is 1. The van der Waals surface area contributed by atoms with Crippen molar-refractivity contribution in [3.05, 3.63) is 108 Å². The molecule has 2 aliphatic rings. The monoisotopic (exact) mass is 593 g/mol. The molecule has 1 aromatic heterocycles. The molecule has 0 aliphatic carbocycles. The quantitative estimate of drug-likeness (QED) is 0.257. The smallest absolute Gasteiger partial charge is 0.247 e. The third-order valence-electron chi connectivity index (χ3n) is 7.84. The number of para-hydroxylation sites is 1. The van der Waals surface area contributed by atoms with Crippen molar-refractivity contribution in [3.63, 3.8) is 0 Å². The lowest BCUT2D eigenvalue weighted by molar-refractivity contribution is -0.136. The molecule has 9 nitrogen and oxygen atoms in total. The van der Waals surface area contributed by atoms with E-state index in [0.717, 1.165) is 22.0 Å². The molecule has 0 saturated heterocycles. The molecule has 6 rings (SSSR count). The molecule has 228 valence electrons. The number of hydrogen-bond donors (Lipinski definition) is 4. The number of carbonyl (C=O) groups is 3. The molecule has 3 heterocycles. The molecule has 0 saturated carbocycles.